The van der Waals surface area contributed by atoms with Crippen LogP contribution < -0.4 is 29.1 Å². The summed E-state index contributed by atoms with van der Waals surface area (Å²) in [5.41, 5.74) is 2.05. The first-order valence-electron chi connectivity index (χ1n) is 13.1. The van der Waals surface area contributed by atoms with E-state index < -0.39 is 12.0 Å². The topological polar surface area (TPSA) is 88.4 Å². The van der Waals surface area contributed by atoms with Gasteiger partial charge in [0.1, 0.15) is 12.4 Å². The summed E-state index contributed by atoms with van der Waals surface area (Å²) >= 11 is 1.25. The molecular formula is C31H32N2O6S. The lowest BCUT2D eigenvalue weighted by Crippen LogP contribution is -2.40. The van der Waals surface area contributed by atoms with Crippen LogP contribution in [0, 0.1) is 12.3 Å². The highest BCUT2D eigenvalue weighted by Gasteiger charge is 2.33. The maximum absolute atomic E-state index is 13.9. The molecule has 0 radical (unpaired) electrons. The number of hydrogen-bond donors (Lipinski definition) is 0. The van der Waals surface area contributed by atoms with Crippen LogP contribution in [-0.2, 0) is 9.53 Å². The molecule has 2 heterocycles. The molecule has 0 saturated carbocycles. The first-order chi connectivity index (χ1) is 19.3. The molecule has 1 atom stereocenters. The van der Waals surface area contributed by atoms with E-state index in [1.165, 1.54) is 11.3 Å². The van der Waals surface area contributed by atoms with Crippen molar-refractivity contribution in [2.24, 2.45) is 4.99 Å². The lowest BCUT2D eigenvalue weighted by atomic mass is 9.96. The van der Waals surface area contributed by atoms with E-state index in [9.17, 15) is 9.59 Å². The number of carbonyl (C=O) groups excluding carboxylic acids is 1. The van der Waals surface area contributed by atoms with Crippen molar-refractivity contribution in [1.82, 2.24) is 4.57 Å². The second-order valence-electron chi connectivity index (χ2n) is 9.17. The predicted molar refractivity (Wildman–Crippen MR) is 155 cm³/mol. The zero-order valence-corrected chi connectivity index (χ0v) is 24.0. The van der Waals surface area contributed by atoms with E-state index in [1.807, 2.05) is 44.2 Å². The maximum Gasteiger partial charge on any atom is 0.338 e. The number of hydrogen-bond acceptors (Lipinski definition) is 8. The quantitative estimate of drug-likeness (QED) is 0.275. The van der Waals surface area contributed by atoms with Gasteiger partial charge in [0.15, 0.2) is 16.3 Å². The molecule has 1 aliphatic rings. The second-order valence-corrected chi connectivity index (χ2v) is 10.2. The molecule has 0 fully saturated rings. The van der Waals surface area contributed by atoms with Crippen LogP contribution in [0.25, 0.3) is 6.08 Å². The van der Waals surface area contributed by atoms with Crippen LogP contribution in [-0.4, -0.2) is 36.5 Å². The fourth-order valence-corrected chi connectivity index (χ4v) is 5.41. The van der Waals surface area contributed by atoms with Gasteiger partial charge in [-0.2, -0.15) is 0 Å². The minimum Gasteiger partial charge on any atom is -0.494 e. The number of esters is 1. The number of aromatic nitrogens is 1. The third-order valence-electron chi connectivity index (χ3n) is 5.97. The Labute approximate surface area is 237 Å². The van der Waals surface area contributed by atoms with Crippen molar-refractivity contribution >= 4 is 23.4 Å². The van der Waals surface area contributed by atoms with Gasteiger partial charge in [0, 0.05) is 0 Å². The summed E-state index contributed by atoms with van der Waals surface area (Å²) in [5, 5.41) is 0. The van der Waals surface area contributed by atoms with Crippen LogP contribution >= 0.6 is 11.3 Å². The van der Waals surface area contributed by atoms with Crippen LogP contribution in [0.3, 0.4) is 0 Å². The molecule has 0 amide bonds. The van der Waals surface area contributed by atoms with Crippen LogP contribution in [0.2, 0.25) is 0 Å². The minimum absolute atomic E-state index is 0.116. The molecule has 9 heteroatoms. The fraction of sp³-hybridized carbons (Fsp3) is 0.323. The molecule has 2 aromatic carbocycles. The maximum atomic E-state index is 13.9. The monoisotopic (exact) mass is 560 g/mol. The number of terminal acetylenes is 1. The van der Waals surface area contributed by atoms with Gasteiger partial charge in [0.2, 0.25) is 0 Å². The highest BCUT2D eigenvalue weighted by atomic mass is 32.1. The third-order valence-corrected chi connectivity index (χ3v) is 6.95. The van der Waals surface area contributed by atoms with Crippen molar-refractivity contribution in [2.45, 2.75) is 46.8 Å². The molecule has 8 nitrogen and oxygen atoms in total. The van der Waals surface area contributed by atoms with Crippen LogP contribution in [0.1, 0.15) is 51.8 Å². The fourth-order valence-electron chi connectivity index (χ4n) is 4.36. The zero-order valence-electron chi connectivity index (χ0n) is 23.2. The van der Waals surface area contributed by atoms with Crippen LogP contribution in [0.4, 0.5) is 0 Å². The molecule has 0 bridgehead atoms. The first kappa shape index (κ1) is 28.7. The summed E-state index contributed by atoms with van der Waals surface area (Å²) in [4.78, 5) is 32.3. The van der Waals surface area contributed by atoms with Gasteiger partial charge in [0.25, 0.3) is 5.56 Å². The van der Waals surface area contributed by atoms with Crippen molar-refractivity contribution in [3.05, 3.63) is 84.5 Å². The molecule has 4 rings (SSSR count). The number of carbonyl (C=O) groups is 1. The molecule has 0 aliphatic carbocycles. The average molecular weight is 561 g/mol. The number of fused-ring (bicyclic) bond motifs is 1. The summed E-state index contributed by atoms with van der Waals surface area (Å²) in [5.74, 6) is 3.69. The lowest BCUT2D eigenvalue weighted by molar-refractivity contribution is -0.143. The molecule has 1 aliphatic heterocycles. The standard InChI is InChI=1S/C31H32N2O6S/c1-7-16-38-24-15-10-21(17-25(24)37-9-3)18-26-29(34)33-28(22-11-13-23(14-12-22)36-8-2)27(30(35)39-19(4)5)20(6)32-31(33)40-26/h1,10-15,17-19,28H,8-9,16H2,2-6H3/b26-18+/t28-/m1/s1. The number of thiazole rings is 1. The number of ether oxygens (including phenoxy) is 4. The Balaban J connectivity index is 1.86. The molecule has 208 valence electrons. The second kappa shape index (κ2) is 12.7. The molecule has 40 heavy (non-hydrogen) atoms. The number of rotatable bonds is 10. The van der Waals surface area contributed by atoms with Gasteiger partial charge in [-0.1, -0.05) is 35.5 Å². The van der Waals surface area contributed by atoms with Gasteiger partial charge < -0.3 is 18.9 Å². The van der Waals surface area contributed by atoms with E-state index >= 15 is 0 Å². The van der Waals surface area contributed by atoms with Gasteiger partial charge in [0.05, 0.1) is 41.2 Å². The Kier molecular flexibility index (Phi) is 9.12. The molecule has 0 spiro atoms. The predicted octanol–water partition coefficient (Wildman–Crippen LogP) is 4.00. The molecule has 1 aromatic heterocycles. The van der Waals surface area contributed by atoms with Crippen LogP contribution in [0.15, 0.2) is 63.5 Å². The van der Waals surface area contributed by atoms with Crippen LogP contribution in [0.5, 0.6) is 17.2 Å². The Bertz CT molecular complexity index is 1640. The Morgan fingerprint density at radius 2 is 1.82 bits per heavy atom. The van der Waals surface area contributed by atoms with Crippen molar-refractivity contribution in [3.8, 4) is 29.6 Å². The Morgan fingerprint density at radius 3 is 2.48 bits per heavy atom. The smallest absolute Gasteiger partial charge is 0.338 e. The molecule has 0 unspecified atom stereocenters. The van der Waals surface area contributed by atoms with E-state index in [2.05, 4.69) is 10.9 Å². The van der Waals surface area contributed by atoms with E-state index in [-0.39, 0.29) is 18.3 Å². The highest BCUT2D eigenvalue weighted by Crippen LogP contribution is 2.32. The zero-order chi connectivity index (χ0) is 28.8. The number of benzene rings is 2. The molecule has 0 saturated heterocycles. The van der Waals surface area contributed by atoms with Gasteiger partial charge in [-0.25, -0.2) is 9.79 Å². The van der Waals surface area contributed by atoms with Gasteiger partial charge in [-0.05, 0) is 76.1 Å². The summed E-state index contributed by atoms with van der Waals surface area (Å²) in [7, 11) is 0. The molecule has 0 N–H and O–H groups in total. The SMILES string of the molecule is C#CCOc1ccc(/C=c2/sc3n(c2=O)[C@H](c2ccc(OCC)cc2)C(C(=O)OC(C)C)=C(C)N=3)cc1OCC. The van der Waals surface area contributed by atoms with E-state index in [0.717, 1.165) is 11.1 Å². The highest BCUT2D eigenvalue weighted by molar-refractivity contribution is 7.07. The third kappa shape index (κ3) is 6.13. The molecule has 3 aromatic rings. The van der Waals surface area contributed by atoms with Crippen molar-refractivity contribution in [3.63, 3.8) is 0 Å². The normalized spacial score (nSPS) is 14.8. The van der Waals surface area contributed by atoms with Gasteiger partial charge in [-0.3, -0.25) is 9.36 Å². The summed E-state index contributed by atoms with van der Waals surface area (Å²) < 4.78 is 24.5. The van der Waals surface area contributed by atoms with Crippen molar-refractivity contribution in [1.29, 1.82) is 0 Å². The van der Waals surface area contributed by atoms with E-state index in [4.69, 9.17) is 25.4 Å². The lowest BCUT2D eigenvalue weighted by Gasteiger charge is -2.25. The van der Waals surface area contributed by atoms with E-state index in [0.29, 0.717) is 51.1 Å². The average Bonchev–Trinajstić information content (AvgIpc) is 3.22. The Hall–Kier alpha value is -4.29. The van der Waals surface area contributed by atoms with E-state index in [1.54, 1.807) is 43.5 Å². The van der Waals surface area contributed by atoms with Crippen molar-refractivity contribution < 1.29 is 23.7 Å². The molecular weight excluding hydrogens is 528 g/mol. The first-order valence-corrected chi connectivity index (χ1v) is 13.9. The number of allylic oxidation sites excluding steroid dienone is 1. The summed E-state index contributed by atoms with van der Waals surface area (Å²) in [6, 6.07) is 12.1. The summed E-state index contributed by atoms with van der Waals surface area (Å²) in [6.45, 7) is 10.2. The number of nitrogens with zero attached hydrogens (tertiary/aromatic N) is 2. The van der Waals surface area contributed by atoms with Gasteiger partial charge in [-0.15, -0.1) is 6.42 Å². The van der Waals surface area contributed by atoms with Crippen molar-refractivity contribution in [2.75, 3.05) is 19.8 Å². The Morgan fingerprint density at radius 1 is 1.10 bits per heavy atom. The minimum atomic E-state index is -0.709. The largest absolute Gasteiger partial charge is 0.494 e. The summed E-state index contributed by atoms with van der Waals surface area (Å²) in [6.07, 6.45) is 6.78. The van der Waals surface area contributed by atoms with Gasteiger partial charge >= 0.3 is 5.97 Å².